The minimum Gasteiger partial charge on any atom is -0.460 e. The van der Waals surface area contributed by atoms with Gasteiger partial charge in [0, 0.05) is 55.9 Å². The van der Waals surface area contributed by atoms with Crippen molar-refractivity contribution in [3.63, 3.8) is 0 Å². The minimum atomic E-state index is -4.63. The lowest BCUT2D eigenvalue weighted by Gasteiger charge is -2.38. The Morgan fingerprint density at radius 1 is 0.941 bits per heavy atom. The van der Waals surface area contributed by atoms with Crippen LogP contribution in [0, 0.1) is 6.92 Å². The summed E-state index contributed by atoms with van der Waals surface area (Å²) in [7, 11) is -4.26. The van der Waals surface area contributed by atoms with Crippen molar-refractivity contribution in [2.45, 2.75) is 64.3 Å². The number of esters is 1. The van der Waals surface area contributed by atoms with Crippen LogP contribution in [0.2, 0.25) is 0 Å². The summed E-state index contributed by atoms with van der Waals surface area (Å²) < 4.78 is 88.4. The van der Waals surface area contributed by atoms with Crippen LogP contribution in [-0.2, 0) is 38.6 Å². The van der Waals surface area contributed by atoms with E-state index in [0.717, 1.165) is 17.7 Å². The number of piperazine rings is 1. The van der Waals surface area contributed by atoms with E-state index >= 15 is 0 Å². The number of halogens is 3. The van der Waals surface area contributed by atoms with Crippen LogP contribution in [-0.4, -0.2) is 74.6 Å². The lowest BCUT2D eigenvalue weighted by atomic mass is 10.1. The molecule has 1 saturated heterocycles. The summed E-state index contributed by atoms with van der Waals surface area (Å²) in [5.41, 5.74) is 0.634. The van der Waals surface area contributed by atoms with Gasteiger partial charge < -0.3 is 23.7 Å². The quantitative estimate of drug-likeness (QED) is 0.155. The van der Waals surface area contributed by atoms with E-state index in [9.17, 15) is 31.2 Å². The zero-order valence-electron chi connectivity index (χ0n) is 29.2. The molecule has 10 nitrogen and oxygen atoms in total. The molecule has 0 N–H and O–H groups in total. The molecule has 4 aromatic rings. The SMILES string of the molecule is CCOC(=O)c1oc2ccc(S(=O)(=O)N(CCc3ccccc3)Cc3ccc(C(F)(F)F)cc3N3CCN(C(=O)OC(C)(C)C)CC3)cc2c1C. The number of benzene rings is 3. The van der Waals surface area contributed by atoms with Gasteiger partial charge in [0.05, 0.1) is 17.1 Å². The highest BCUT2D eigenvalue weighted by molar-refractivity contribution is 7.89. The van der Waals surface area contributed by atoms with Gasteiger partial charge in [0.1, 0.15) is 11.2 Å². The number of alkyl halides is 3. The lowest BCUT2D eigenvalue weighted by molar-refractivity contribution is -0.137. The summed E-state index contributed by atoms with van der Waals surface area (Å²) in [6.07, 6.45) is -4.81. The molecule has 0 spiro atoms. The molecule has 0 saturated carbocycles. The molecule has 2 heterocycles. The Labute approximate surface area is 295 Å². The average Bonchev–Trinajstić information content (AvgIpc) is 3.41. The molecule has 1 aromatic heterocycles. The fraction of sp³-hybridized carbons (Fsp3) is 0.405. The molecular formula is C37H42F3N3O7S. The van der Waals surface area contributed by atoms with Crippen LogP contribution in [0.3, 0.4) is 0 Å². The summed E-state index contributed by atoms with van der Waals surface area (Å²) in [5.74, 6) is -0.689. The fourth-order valence-corrected chi connectivity index (χ4v) is 7.34. The highest BCUT2D eigenvalue weighted by Crippen LogP contribution is 2.36. The molecule has 0 unspecified atom stereocenters. The largest absolute Gasteiger partial charge is 0.460 e. The second kappa shape index (κ2) is 15.0. The third kappa shape index (κ3) is 8.85. The van der Waals surface area contributed by atoms with Crippen molar-refractivity contribution in [3.8, 4) is 0 Å². The van der Waals surface area contributed by atoms with E-state index in [0.29, 0.717) is 28.5 Å². The van der Waals surface area contributed by atoms with Gasteiger partial charge in [-0.05, 0) is 82.5 Å². The van der Waals surface area contributed by atoms with Crippen LogP contribution in [0.5, 0.6) is 0 Å². The number of carbonyl (C=O) groups is 2. The standard InChI is InChI=1S/C37H42F3N3O7S/c1-6-48-34(44)33-25(2)30-23-29(14-15-32(30)49-33)51(46,47)43(17-16-26-10-8-7-9-11-26)24-27-12-13-28(37(38,39)40)22-31(27)41-18-20-42(21-19-41)35(45)50-36(3,4)5/h7-15,22-23H,6,16-21,24H2,1-5H3. The van der Waals surface area contributed by atoms with Gasteiger partial charge >= 0.3 is 18.2 Å². The number of anilines is 1. The van der Waals surface area contributed by atoms with Crippen molar-refractivity contribution in [1.29, 1.82) is 0 Å². The number of hydrogen-bond acceptors (Lipinski definition) is 8. The molecule has 1 amide bonds. The maximum Gasteiger partial charge on any atom is 0.416 e. The number of amides is 1. The molecule has 1 aliphatic rings. The van der Waals surface area contributed by atoms with Crippen LogP contribution in [0.15, 0.2) is 76.0 Å². The molecule has 1 aliphatic heterocycles. The number of fused-ring (bicyclic) bond motifs is 1. The third-order valence-corrected chi connectivity index (χ3v) is 10.4. The van der Waals surface area contributed by atoms with E-state index in [-0.39, 0.29) is 62.2 Å². The maximum atomic E-state index is 14.5. The van der Waals surface area contributed by atoms with E-state index in [4.69, 9.17) is 13.9 Å². The van der Waals surface area contributed by atoms with Gasteiger partial charge in [-0.25, -0.2) is 18.0 Å². The van der Waals surface area contributed by atoms with Gasteiger partial charge in [0.25, 0.3) is 0 Å². The Morgan fingerprint density at radius 3 is 2.25 bits per heavy atom. The molecular weight excluding hydrogens is 687 g/mol. The second-order valence-electron chi connectivity index (χ2n) is 13.3. The smallest absolute Gasteiger partial charge is 0.416 e. The Morgan fingerprint density at radius 2 is 1.63 bits per heavy atom. The number of carbonyl (C=O) groups excluding carboxylic acids is 2. The second-order valence-corrected chi connectivity index (χ2v) is 15.2. The molecule has 5 rings (SSSR count). The number of ether oxygens (including phenoxy) is 2. The van der Waals surface area contributed by atoms with Gasteiger partial charge in [-0.2, -0.15) is 17.5 Å². The van der Waals surface area contributed by atoms with Crippen LogP contribution in [0.25, 0.3) is 11.0 Å². The van der Waals surface area contributed by atoms with Gasteiger partial charge in [0.15, 0.2) is 0 Å². The molecule has 0 aliphatic carbocycles. The van der Waals surface area contributed by atoms with E-state index < -0.39 is 39.4 Å². The summed E-state index contributed by atoms with van der Waals surface area (Å²) in [4.78, 5) is 28.3. The Balaban J connectivity index is 1.51. The maximum absolute atomic E-state index is 14.5. The number of aryl methyl sites for hydroxylation is 1. The minimum absolute atomic E-state index is 0.0235. The number of hydrogen-bond donors (Lipinski definition) is 0. The van der Waals surface area contributed by atoms with E-state index in [1.165, 1.54) is 33.5 Å². The van der Waals surface area contributed by atoms with Crippen molar-refractivity contribution in [1.82, 2.24) is 9.21 Å². The van der Waals surface area contributed by atoms with Crippen molar-refractivity contribution in [2.75, 3.05) is 44.2 Å². The van der Waals surface area contributed by atoms with Crippen molar-refractivity contribution < 1.29 is 45.1 Å². The molecule has 14 heteroatoms. The van der Waals surface area contributed by atoms with Crippen molar-refractivity contribution in [2.24, 2.45) is 0 Å². The molecule has 1 fully saturated rings. The summed E-state index contributed by atoms with van der Waals surface area (Å²) in [6.45, 7) is 9.33. The van der Waals surface area contributed by atoms with Crippen LogP contribution < -0.4 is 4.90 Å². The van der Waals surface area contributed by atoms with Crippen LogP contribution in [0.4, 0.5) is 23.7 Å². The first-order valence-corrected chi connectivity index (χ1v) is 18.1. The zero-order chi connectivity index (χ0) is 37.1. The van der Waals surface area contributed by atoms with Gasteiger partial charge in [-0.1, -0.05) is 36.4 Å². The molecule has 51 heavy (non-hydrogen) atoms. The van der Waals surface area contributed by atoms with Gasteiger partial charge in [-0.15, -0.1) is 0 Å². The number of rotatable bonds is 10. The van der Waals surface area contributed by atoms with E-state index in [1.807, 2.05) is 30.3 Å². The summed E-state index contributed by atoms with van der Waals surface area (Å²) in [5, 5.41) is 0.417. The molecule has 0 radical (unpaired) electrons. The first kappa shape index (κ1) is 37.7. The van der Waals surface area contributed by atoms with Crippen LogP contribution >= 0.6 is 0 Å². The zero-order valence-corrected chi connectivity index (χ0v) is 30.1. The highest BCUT2D eigenvalue weighted by Gasteiger charge is 2.34. The monoisotopic (exact) mass is 729 g/mol. The van der Waals surface area contributed by atoms with Crippen LogP contribution in [0.1, 0.15) is 60.5 Å². The Kier molecular flexibility index (Phi) is 11.1. The predicted octanol–water partition coefficient (Wildman–Crippen LogP) is 7.43. The molecule has 0 atom stereocenters. The fourth-order valence-electron chi connectivity index (χ4n) is 5.90. The Bertz CT molecular complexity index is 1980. The molecule has 3 aromatic carbocycles. The Hall–Kier alpha value is -4.56. The van der Waals surface area contributed by atoms with Crippen molar-refractivity contribution in [3.05, 3.63) is 94.7 Å². The first-order chi connectivity index (χ1) is 24.0. The highest BCUT2D eigenvalue weighted by atomic mass is 32.2. The van der Waals surface area contributed by atoms with Gasteiger partial charge in [0.2, 0.25) is 15.8 Å². The van der Waals surface area contributed by atoms with E-state index in [1.54, 1.807) is 39.5 Å². The van der Waals surface area contributed by atoms with Gasteiger partial charge in [-0.3, -0.25) is 0 Å². The summed E-state index contributed by atoms with van der Waals surface area (Å²) >= 11 is 0. The normalized spacial score (nSPS) is 14.3. The van der Waals surface area contributed by atoms with Crippen molar-refractivity contribution >= 4 is 38.7 Å². The lowest BCUT2D eigenvalue weighted by Crippen LogP contribution is -2.50. The average molecular weight is 730 g/mol. The molecule has 0 bridgehead atoms. The molecule has 274 valence electrons. The predicted molar refractivity (Wildman–Crippen MR) is 186 cm³/mol. The number of nitrogens with zero attached hydrogens (tertiary/aromatic N) is 3. The van der Waals surface area contributed by atoms with E-state index in [2.05, 4.69) is 0 Å². The number of sulfonamides is 1. The number of furan rings is 1. The third-order valence-electron chi connectivity index (χ3n) is 8.53. The topological polar surface area (TPSA) is 110 Å². The summed E-state index contributed by atoms with van der Waals surface area (Å²) in [6, 6.07) is 16.9. The first-order valence-electron chi connectivity index (χ1n) is 16.7.